The highest BCUT2D eigenvalue weighted by Crippen LogP contribution is 2.18. The van der Waals surface area contributed by atoms with E-state index in [0.717, 1.165) is 15.7 Å². The maximum absolute atomic E-state index is 12.2. The molecular formula is C14H15BrN4O. The standard InChI is InChI=1S/C14H15BrN4O/c1-8-4-13(17-7-11(8)15)19-14(20)10-5-9(2)18-12(6-10)16-3/h4-7H,1-3H3,(H,16,18)(H,17,19,20). The summed E-state index contributed by atoms with van der Waals surface area (Å²) < 4.78 is 0.910. The van der Waals surface area contributed by atoms with Gasteiger partial charge >= 0.3 is 0 Å². The number of halogens is 1. The van der Waals surface area contributed by atoms with Gasteiger partial charge in [0.25, 0.3) is 5.91 Å². The van der Waals surface area contributed by atoms with Crippen LogP contribution in [0.25, 0.3) is 0 Å². The van der Waals surface area contributed by atoms with Crippen molar-refractivity contribution in [3.63, 3.8) is 0 Å². The quantitative estimate of drug-likeness (QED) is 0.904. The number of hydrogen-bond acceptors (Lipinski definition) is 4. The molecule has 0 saturated heterocycles. The van der Waals surface area contributed by atoms with E-state index in [1.807, 2.05) is 19.9 Å². The summed E-state index contributed by atoms with van der Waals surface area (Å²) in [6, 6.07) is 5.25. The third kappa shape index (κ3) is 3.33. The highest BCUT2D eigenvalue weighted by atomic mass is 79.9. The van der Waals surface area contributed by atoms with Gasteiger partial charge in [-0.3, -0.25) is 4.79 Å². The van der Waals surface area contributed by atoms with E-state index in [-0.39, 0.29) is 5.91 Å². The first kappa shape index (κ1) is 14.5. The fraction of sp³-hybridized carbons (Fsp3) is 0.214. The third-order valence-corrected chi connectivity index (χ3v) is 3.59. The van der Waals surface area contributed by atoms with Gasteiger partial charge in [-0.15, -0.1) is 0 Å². The summed E-state index contributed by atoms with van der Waals surface area (Å²) in [5, 5.41) is 5.71. The Balaban J connectivity index is 2.23. The number of aryl methyl sites for hydroxylation is 2. The lowest BCUT2D eigenvalue weighted by Crippen LogP contribution is -2.14. The number of pyridine rings is 2. The fourth-order valence-electron chi connectivity index (χ4n) is 1.72. The summed E-state index contributed by atoms with van der Waals surface area (Å²) in [6.45, 7) is 3.79. The fourth-order valence-corrected chi connectivity index (χ4v) is 1.94. The van der Waals surface area contributed by atoms with Gasteiger partial charge in [0.05, 0.1) is 0 Å². The van der Waals surface area contributed by atoms with Crippen LogP contribution in [0.2, 0.25) is 0 Å². The van der Waals surface area contributed by atoms with Crippen LogP contribution in [0, 0.1) is 13.8 Å². The molecule has 0 unspecified atom stereocenters. The van der Waals surface area contributed by atoms with E-state index in [0.29, 0.717) is 17.2 Å². The number of carbonyl (C=O) groups excluding carboxylic acids is 1. The zero-order valence-electron chi connectivity index (χ0n) is 11.5. The van der Waals surface area contributed by atoms with Crippen LogP contribution in [0.1, 0.15) is 21.6 Å². The molecule has 0 aliphatic carbocycles. The van der Waals surface area contributed by atoms with Crippen molar-refractivity contribution < 1.29 is 4.79 Å². The number of hydrogen-bond donors (Lipinski definition) is 2. The summed E-state index contributed by atoms with van der Waals surface area (Å²) in [6.07, 6.45) is 1.67. The van der Waals surface area contributed by atoms with Crippen LogP contribution < -0.4 is 10.6 Å². The van der Waals surface area contributed by atoms with E-state index in [2.05, 4.69) is 36.5 Å². The van der Waals surface area contributed by atoms with Crippen molar-refractivity contribution in [2.45, 2.75) is 13.8 Å². The van der Waals surface area contributed by atoms with Crippen molar-refractivity contribution in [1.29, 1.82) is 0 Å². The summed E-state index contributed by atoms with van der Waals surface area (Å²) in [4.78, 5) is 20.6. The molecule has 2 aromatic rings. The van der Waals surface area contributed by atoms with Gasteiger partial charge in [0.1, 0.15) is 11.6 Å². The summed E-state index contributed by atoms with van der Waals surface area (Å²) in [5.41, 5.74) is 2.34. The predicted molar refractivity (Wildman–Crippen MR) is 83.1 cm³/mol. The Bertz CT molecular complexity index is 658. The van der Waals surface area contributed by atoms with Crippen molar-refractivity contribution in [2.24, 2.45) is 0 Å². The Labute approximate surface area is 126 Å². The highest BCUT2D eigenvalue weighted by molar-refractivity contribution is 9.10. The smallest absolute Gasteiger partial charge is 0.257 e. The second-order valence-electron chi connectivity index (χ2n) is 4.41. The number of anilines is 2. The Hall–Kier alpha value is -1.95. The van der Waals surface area contributed by atoms with Crippen molar-refractivity contribution >= 4 is 33.5 Å². The molecule has 1 amide bonds. The first-order chi connectivity index (χ1) is 9.49. The minimum absolute atomic E-state index is 0.207. The average Bonchev–Trinajstić information content (AvgIpc) is 2.42. The van der Waals surface area contributed by atoms with Gasteiger partial charge in [0.2, 0.25) is 0 Å². The SMILES string of the molecule is CNc1cc(C(=O)Nc2cc(C)c(Br)cn2)cc(C)n1. The van der Waals surface area contributed by atoms with Crippen LogP contribution in [0.5, 0.6) is 0 Å². The van der Waals surface area contributed by atoms with Crippen LogP contribution in [-0.2, 0) is 0 Å². The number of rotatable bonds is 3. The molecule has 0 spiro atoms. The molecule has 0 aliphatic rings. The molecule has 0 radical (unpaired) electrons. The topological polar surface area (TPSA) is 66.9 Å². The van der Waals surface area contributed by atoms with Crippen LogP contribution in [0.4, 0.5) is 11.6 Å². The molecule has 2 aromatic heterocycles. The van der Waals surface area contributed by atoms with Gasteiger partial charge in [-0.1, -0.05) is 0 Å². The zero-order chi connectivity index (χ0) is 14.7. The van der Waals surface area contributed by atoms with Crippen LogP contribution in [-0.4, -0.2) is 22.9 Å². The van der Waals surface area contributed by atoms with Crippen LogP contribution in [0.3, 0.4) is 0 Å². The molecule has 0 aliphatic heterocycles. The lowest BCUT2D eigenvalue weighted by molar-refractivity contribution is 0.102. The zero-order valence-corrected chi connectivity index (χ0v) is 13.1. The molecular weight excluding hydrogens is 320 g/mol. The van der Waals surface area contributed by atoms with Crippen molar-refractivity contribution in [3.8, 4) is 0 Å². The van der Waals surface area contributed by atoms with Gasteiger partial charge in [0, 0.05) is 29.0 Å². The molecule has 0 aromatic carbocycles. The van der Waals surface area contributed by atoms with E-state index in [1.54, 1.807) is 25.4 Å². The first-order valence-electron chi connectivity index (χ1n) is 6.09. The highest BCUT2D eigenvalue weighted by Gasteiger charge is 2.10. The lowest BCUT2D eigenvalue weighted by Gasteiger charge is -2.08. The summed E-state index contributed by atoms with van der Waals surface area (Å²) in [5.74, 6) is 0.979. The molecule has 104 valence electrons. The van der Waals surface area contributed by atoms with Gasteiger partial charge in [0.15, 0.2) is 0 Å². The molecule has 0 fully saturated rings. The van der Waals surface area contributed by atoms with Gasteiger partial charge in [-0.25, -0.2) is 9.97 Å². The normalized spacial score (nSPS) is 10.2. The summed E-state index contributed by atoms with van der Waals surface area (Å²) in [7, 11) is 1.77. The lowest BCUT2D eigenvalue weighted by atomic mass is 10.2. The predicted octanol–water partition coefficient (Wildman–Crippen LogP) is 3.15. The maximum atomic E-state index is 12.2. The number of nitrogens with zero attached hydrogens (tertiary/aromatic N) is 2. The molecule has 0 bridgehead atoms. The molecule has 0 atom stereocenters. The van der Waals surface area contributed by atoms with Crippen molar-refractivity contribution in [1.82, 2.24) is 9.97 Å². The monoisotopic (exact) mass is 334 g/mol. The maximum Gasteiger partial charge on any atom is 0.257 e. The summed E-state index contributed by atoms with van der Waals surface area (Å²) >= 11 is 3.38. The molecule has 6 heteroatoms. The Morgan fingerprint density at radius 1 is 1.20 bits per heavy atom. The van der Waals surface area contributed by atoms with E-state index in [4.69, 9.17) is 0 Å². The van der Waals surface area contributed by atoms with Gasteiger partial charge in [-0.05, 0) is 53.5 Å². The van der Waals surface area contributed by atoms with Crippen molar-refractivity contribution in [2.75, 3.05) is 17.7 Å². The number of nitrogens with one attached hydrogen (secondary N) is 2. The Kier molecular flexibility index (Phi) is 4.34. The first-order valence-corrected chi connectivity index (χ1v) is 6.89. The second kappa shape index (κ2) is 6.00. The molecule has 20 heavy (non-hydrogen) atoms. The second-order valence-corrected chi connectivity index (χ2v) is 5.26. The average molecular weight is 335 g/mol. The molecule has 2 heterocycles. The number of amides is 1. The van der Waals surface area contributed by atoms with Crippen LogP contribution >= 0.6 is 15.9 Å². The Morgan fingerprint density at radius 3 is 2.60 bits per heavy atom. The molecule has 2 rings (SSSR count). The minimum Gasteiger partial charge on any atom is -0.373 e. The minimum atomic E-state index is -0.207. The third-order valence-electron chi connectivity index (χ3n) is 2.76. The van der Waals surface area contributed by atoms with Crippen molar-refractivity contribution in [3.05, 3.63) is 45.7 Å². The number of aromatic nitrogens is 2. The Morgan fingerprint density at radius 2 is 1.95 bits per heavy atom. The molecule has 0 saturated carbocycles. The van der Waals surface area contributed by atoms with E-state index < -0.39 is 0 Å². The van der Waals surface area contributed by atoms with E-state index in [1.165, 1.54) is 0 Å². The largest absolute Gasteiger partial charge is 0.373 e. The number of carbonyl (C=O) groups is 1. The van der Waals surface area contributed by atoms with Gasteiger partial charge < -0.3 is 10.6 Å². The van der Waals surface area contributed by atoms with E-state index >= 15 is 0 Å². The van der Waals surface area contributed by atoms with Crippen LogP contribution in [0.15, 0.2) is 28.9 Å². The molecule has 5 nitrogen and oxygen atoms in total. The van der Waals surface area contributed by atoms with Gasteiger partial charge in [-0.2, -0.15) is 0 Å². The van der Waals surface area contributed by atoms with E-state index in [9.17, 15) is 4.79 Å². The molecule has 2 N–H and O–H groups in total.